The Morgan fingerprint density at radius 2 is 1.73 bits per heavy atom. The molecule has 3 rings (SSSR count). The summed E-state index contributed by atoms with van der Waals surface area (Å²) < 4.78 is 10.8. The highest BCUT2D eigenvalue weighted by atomic mass is 16.5. The van der Waals surface area contributed by atoms with E-state index in [1.54, 1.807) is 13.3 Å². The summed E-state index contributed by atoms with van der Waals surface area (Å²) in [6.07, 6.45) is 4.02. The van der Waals surface area contributed by atoms with E-state index in [0.29, 0.717) is 12.9 Å². The molecule has 2 aromatic carbocycles. The van der Waals surface area contributed by atoms with Crippen LogP contribution in [0.3, 0.4) is 0 Å². The standard InChI is InChI=1S/C18H16BNO2/c1-21-17-5-4-13-8-14(2-3-15(13)9-17)16-10-18(12-20-11-16)22-7-6-19/h2-5,8-12H,6-7H2,1H3. The van der Waals surface area contributed by atoms with Crippen LogP contribution in [0.2, 0.25) is 6.32 Å². The van der Waals surface area contributed by atoms with Gasteiger partial charge in [0.25, 0.3) is 0 Å². The Morgan fingerprint density at radius 3 is 2.55 bits per heavy atom. The number of ether oxygens (including phenoxy) is 2. The molecule has 0 bridgehead atoms. The van der Waals surface area contributed by atoms with Crippen molar-refractivity contribution in [2.24, 2.45) is 0 Å². The van der Waals surface area contributed by atoms with E-state index in [1.807, 2.05) is 24.4 Å². The first-order valence-corrected chi connectivity index (χ1v) is 7.16. The van der Waals surface area contributed by atoms with Crippen LogP contribution in [-0.4, -0.2) is 26.5 Å². The van der Waals surface area contributed by atoms with E-state index in [2.05, 4.69) is 29.2 Å². The molecule has 0 aliphatic carbocycles. The van der Waals surface area contributed by atoms with Crippen LogP contribution in [0.1, 0.15) is 0 Å². The maximum absolute atomic E-state index is 5.53. The minimum Gasteiger partial charge on any atom is -0.497 e. The van der Waals surface area contributed by atoms with Gasteiger partial charge in [-0.25, -0.2) is 0 Å². The molecule has 0 saturated heterocycles. The Labute approximate surface area is 131 Å². The van der Waals surface area contributed by atoms with Gasteiger partial charge in [0, 0.05) is 11.8 Å². The first-order chi connectivity index (χ1) is 10.8. The smallest absolute Gasteiger partial charge is 0.138 e. The van der Waals surface area contributed by atoms with E-state index in [4.69, 9.17) is 17.3 Å². The molecule has 0 N–H and O–H groups in total. The molecule has 0 aliphatic heterocycles. The van der Waals surface area contributed by atoms with E-state index in [9.17, 15) is 0 Å². The lowest BCUT2D eigenvalue weighted by atomic mass is 10.0. The number of rotatable bonds is 5. The lowest BCUT2D eigenvalue weighted by molar-refractivity contribution is 0.339. The number of fused-ring (bicyclic) bond motifs is 1. The molecule has 0 amide bonds. The number of pyridine rings is 1. The van der Waals surface area contributed by atoms with Crippen LogP contribution in [0, 0.1) is 0 Å². The van der Waals surface area contributed by atoms with Crippen molar-refractivity contribution in [1.29, 1.82) is 0 Å². The van der Waals surface area contributed by atoms with Crippen LogP contribution in [-0.2, 0) is 0 Å². The fourth-order valence-electron chi connectivity index (χ4n) is 2.36. The Kier molecular flexibility index (Phi) is 4.28. The van der Waals surface area contributed by atoms with Crippen LogP contribution >= 0.6 is 0 Å². The van der Waals surface area contributed by atoms with E-state index in [1.165, 1.54) is 0 Å². The van der Waals surface area contributed by atoms with Gasteiger partial charge >= 0.3 is 0 Å². The van der Waals surface area contributed by atoms with E-state index < -0.39 is 0 Å². The van der Waals surface area contributed by atoms with Crippen molar-refractivity contribution < 1.29 is 9.47 Å². The van der Waals surface area contributed by atoms with Crippen molar-refractivity contribution in [3.05, 3.63) is 54.9 Å². The molecule has 0 fully saturated rings. The summed E-state index contributed by atoms with van der Waals surface area (Å²) in [5.41, 5.74) is 2.12. The summed E-state index contributed by atoms with van der Waals surface area (Å²) >= 11 is 0. The predicted octanol–water partition coefficient (Wildman–Crippen LogP) is 3.88. The molecule has 1 aromatic heterocycles. The molecule has 0 saturated carbocycles. The molecule has 2 radical (unpaired) electrons. The summed E-state index contributed by atoms with van der Waals surface area (Å²) in [7, 11) is 7.13. The monoisotopic (exact) mass is 289 g/mol. The number of hydrogen-bond acceptors (Lipinski definition) is 3. The van der Waals surface area contributed by atoms with Gasteiger partial charge in [0.1, 0.15) is 11.5 Å². The largest absolute Gasteiger partial charge is 0.497 e. The molecule has 1 heterocycles. The fourth-order valence-corrected chi connectivity index (χ4v) is 2.36. The van der Waals surface area contributed by atoms with Crippen molar-refractivity contribution in [3.63, 3.8) is 0 Å². The first kappa shape index (κ1) is 14.5. The molecule has 0 spiro atoms. The van der Waals surface area contributed by atoms with Gasteiger partial charge in [-0.2, -0.15) is 0 Å². The van der Waals surface area contributed by atoms with Crippen LogP contribution < -0.4 is 9.47 Å². The highest BCUT2D eigenvalue weighted by Crippen LogP contribution is 2.28. The molecule has 22 heavy (non-hydrogen) atoms. The van der Waals surface area contributed by atoms with Crippen LogP contribution in [0.25, 0.3) is 21.9 Å². The zero-order chi connectivity index (χ0) is 15.4. The lowest BCUT2D eigenvalue weighted by Gasteiger charge is -2.08. The van der Waals surface area contributed by atoms with Gasteiger partial charge in [0.05, 0.1) is 27.8 Å². The van der Waals surface area contributed by atoms with Gasteiger partial charge in [-0.05, 0) is 40.6 Å². The zero-order valence-corrected chi connectivity index (χ0v) is 12.5. The summed E-state index contributed by atoms with van der Waals surface area (Å²) in [6.45, 7) is 0.489. The topological polar surface area (TPSA) is 31.4 Å². The van der Waals surface area contributed by atoms with Crippen molar-refractivity contribution in [2.45, 2.75) is 6.32 Å². The number of aromatic nitrogens is 1. The first-order valence-electron chi connectivity index (χ1n) is 7.16. The molecular formula is C18H16BNO2. The Morgan fingerprint density at radius 1 is 0.909 bits per heavy atom. The Balaban J connectivity index is 1.96. The Hall–Kier alpha value is -2.49. The van der Waals surface area contributed by atoms with Gasteiger partial charge in [-0.1, -0.05) is 24.5 Å². The maximum atomic E-state index is 5.53. The van der Waals surface area contributed by atoms with Gasteiger partial charge in [0.2, 0.25) is 0 Å². The number of methoxy groups -OCH3 is 1. The van der Waals surface area contributed by atoms with Gasteiger partial charge in [0.15, 0.2) is 0 Å². The van der Waals surface area contributed by atoms with E-state index in [0.717, 1.165) is 33.4 Å². The third kappa shape index (κ3) is 3.06. The van der Waals surface area contributed by atoms with Crippen LogP contribution in [0.4, 0.5) is 0 Å². The van der Waals surface area contributed by atoms with Crippen molar-refractivity contribution in [1.82, 2.24) is 4.98 Å². The zero-order valence-electron chi connectivity index (χ0n) is 12.5. The van der Waals surface area contributed by atoms with E-state index in [-0.39, 0.29) is 0 Å². The second-order valence-corrected chi connectivity index (χ2v) is 4.97. The molecule has 0 atom stereocenters. The lowest BCUT2D eigenvalue weighted by Crippen LogP contribution is -1.96. The number of benzene rings is 2. The van der Waals surface area contributed by atoms with Gasteiger partial charge in [-0.15, -0.1) is 0 Å². The van der Waals surface area contributed by atoms with Crippen molar-refractivity contribution in [3.8, 4) is 22.6 Å². The minimum absolute atomic E-state index is 0.488. The average molecular weight is 289 g/mol. The summed E-state index contributed by atoms with van der Waals surface area (Å²) in [6, 6.07) is 14.3. The SMILES string of the molecule is [B]CCOc1cncc(-c2ccc3cc(OC)ccc3c2)c1. The second-order valence-electron chi connectivity index (χ2n) is 4.97. The normalized spacial score (nSPS) is 10.6. The van der Waals surface area contributed by atoms with Crippen LogP contribution in [0.5, 0.6) is 11.5 Å². The molecule has 0 unspecified atom stereocenters. The van der Waals surface area contributed by atoms with Crippen molar-refractivity contribution >= 4 is 18.6 Å². The van der Waals surface area contributed by atoms with E-state index >= 15 is 0 Å². The van der Waals surface area contributed by atoms with Crippen LogP contribution in [0.15, 0.2) is 54.9 Å². The minimum atomic E-state index is 0.488. The average Bonchev–Trinajstić information content (AvgIpc) is 2.59. The molecule has 3 aromatic rings. The van der Waals surface area contributed by atoms with Gasteiger partial charge < -0.3 is 9.47 Å². The molecular weight excluding hydrogens is 273 g/mol. The quantitative estimate of drug-likeness (QED) is 0.668. The summed E-state index contributed by atoms with van der Waals surface area (Å²) in [4.78, 5) is 4.24. The predicted molar refractivity (Wildman–Crippen MR) is 89.8 cm³/mol. The Bertz CT molecular complexity index is 789. The molecule has 0 aliphatic rings. The second kappa shape index (κ2) is 6.52. The molecule has 108 valence electrons. The van der Waals surface area contributed by atoms with Crippen molar-refractivity contribution in [2.75, 3.05) is 13.7 Å². The highest BCUT2D eigenvalue weighted by Gasteiger charge is 2.03. The third-order valence-electron chi connectivity index (χ3n) is 3.48. The molecule has 3 nitrogen and oxygen atoms in total. The number of hydrogen-bond donors (Lipinski definition) is 0. The summed E-state index contributed by atoms with van der Waals surface area (Å²) in [5, 5.41) is 2.30. The fraction of sp³-hybridized carbons (Fsp3) is 0.167. The highest BCUT2D eigenvalue weighted by molar-refractivity contribution is 6.08. The summed E-state index contributed by atoms with van der Waals surface area (Å²) in [5.74, 6) is 1.59. The number of nitrogens with zero attached hydrogens (tertiary/aromatic N) is 1. The van der Waals surface area contributed by atoms with Gasteiger partial charge in [-0.3, -0.25) is 4.98 Å². The molecule has 4 heteroatoms. The third-order valence-corrected chi connectivity index (χ3v) is 3.48. The maximum Gasteiger partial charge on any atom is 0.138 e.